The van der Waals surface area contributed by atoms with Crippen LogP contribution in [0, 0.1) is 0 Å². The number of ether oxygens (including phenoxy) is 3. The molecule has 4 rings (SSSR count). The number of carbonyl (C=O) groups is 3. The van der Waals surface area contributed by atoms with E-state index in [0.717, 1.165) is 26.9 Å². The van der Waals surface area contributed by atoms with Crippen LogP contribution >= 0.6 is 11.3 Å². The normalized spacial score (nSPS) is 15.6. The average Bonchev–Trinajstić information content (AvgIpc) is 3.25. The number of carbonyl (C=O) groups excluding carboxylic acids is 3. The minimum Gasteiger partial charge on any atom is -0.444 e. The van der Waals surface area contributed by atoms with E-state index in [1.165, 1.54) is 11.3 Å². The van der Waals surface area contributed by atoms with Crippen molar-refractivity contribution in [2.45, 2.75) is 63.8 Å². The molecule has 11 nitrogen and oxygen atoms in total. The van der Waals surface area contributed by atoms with Gasteiger partial charge in [-0.1, -0.05) is 41.7 Å². The van der Waals surface area contributed by atoms with Crippen LogP contribution in [0.4, 0.5) is 4.79 Å². The Kier molecular flexibility index (Phi) is 9.70. The van der Waals surface area contributed by atoms with E-state index in [0.29, 0.717) is 13.2 Å². The SMILES string of the molecule is COCCn1c(=O)sc2ccc(-c3ccc(C[C@H](NC(=O)C4(NC(=O)OC(C)(C)C)CCOCC4)C(N)=O)cc3)cc21. The number of primary amides is 1. The highest BCUT2D eigenvalue weighted by atomic mass is 32.1. The molecule has 0 spiro atoms. The zero-order chi connectivity index (χ0) is 30.5. The molecule has 1 aromatic heterocycles. The zero-order valence-electron chi connectivity index (χ0n) is 24.4. The van der Waals surface area contributed by atoms with Crippen molar-refractivity contribution >= 4 is 39.5 Å². The summed E-state index contributed by atoms with van der Waals surface area (Å²) in [6.45, 7) is 6.66. The minimum absolute atomic E-state index is 0.0297. The third kappa shape index (κ3) is 7.55. The summed E-state index contributed by atoms with van der Waals surface area (Å²) in [4.78, 5) is 50.8. The lowest BCUT2D eigenvalue weighted by atomic mass is 9.88. The molecule has 1 aliphatic rings. The number of benzene rings is 2. The van der Waals surface area contributed by atoms with Crippen molar-refractivity contribution in [3.8, 4) is 11.1 Å². The number of aromatic nitrogens is 1. The summed E-state index contributed by atoms with van der Waals surface area (Å²) in [5.41, 5.74) is 7.16. The first-order chi connectivity index (χ1) is 19.9. The molecule has 0 unspecified atom stereocenters. The molecule has 1 saturated heterocycles. The average molecular weight is 599 g/mol. The van der Waals surface area contributed by atoms with Crippen LogP contribution in [0.3, 0.4) is 0 Å². The maximum Gasteiger partial charge on any atom is 0.408 e. The van der Waals surface area contributed by atoms with Crippen LogP contribution in [-0.2, 0) is 36.8 Å². The summed E-state index contributed by atoms with van der Waals surface area (Å²) in [6.07, 6.45) is -0.0967. The van der Waals surface area contributed by atoms with Crippen LogP contribution in [0.25, 0.3) is 21.3 Å². The van der Waals surface area contributed by atoms with E-state index < -0.39 is 35.1 Å². The number of thiazole rings is 1. The van der Waals surface area contributed by atoms with Gasteiger partial charge < -0.3 is 30.6 Å². The Bertz CT molecular complexity index is 1480. The second-order valence-electron chi connectivity index (χ2n) is 11.3. The summed E-state index contributed by atoms with van der Waals surface area (Å²) in [5, 5.41) is 5.47. The van der Waals surface area contributed by atoms with Gasteiger partial charge in [-0.3, -0.25) is 19.0 Å². The maximum absolute atomic E-state index is 13.5. The lowest BCUT2D eigenvalue weighted by molar-refractivity contribution is -0.135. The monoisotopic (exact) mass is 598 g/mol. The number of amides is 3. The Morgan fingerprint density at radius 1 is 1.10 bits per heavy atom. The molecule has 12 heteroatoms. The molecule has 226 valence electrons. The van der Waals surface area contributed by atoms with Crippen LogP contribution < -0.4 is 21.2 Å². The summed E-state index contributed by atoms with van der Waals surface area (Å²) in [5.74, 6) is -1.20. The van der Waals surface area contributed by atoms with Gasteiger partial charge in [-0.2, -0.15) is 0 Å². The summed E-state index contributed by atoms with van der Waals surface area (Å²) in [7, 11) is 1.60. The number of hydrogen-bond donors (Lipinski definition) is 3. The Morgan fingerprint density at radius 3 is 2.38 bits per heavy atom. The molecule has 1 fully saturated rings. The molecule has 0 aliphatic carbocycles. The fraction of sp³-hybridized carbons (Fsp3) is 0.467. The van der Waals surface area contributed by atoms with Crippen LogP contribution in [0.5, 0.6) is 0 Å². The van der Waals surface area contributed by atoms with Gasteiger partial charge in [-0.15, -0.1) is 0 Å². The third-order valence-electron chi connectivity index (χ3n) is 7.08. The molecule has 3 aromatic rings. The highest BCUT2D eigenvalue weighted by molar-refractivity contribution is 7.16. The fourth-order valence-electron chi connectivity index (χ4n) is 4.85. The van der Waals surface area contributed by atoms with Crippen molar-refractivity contribution < 1.29 is 28.6 Å². The summed E-state index contributed by atoms with van der Waals surface area (Å²) >= 11 is 1.20. The number of nitrogens with one attached hydrogen (secondary N) is 2. The number of methoxy groups -OCH3 is 1. The van der Waals surface area contributed by atoms with E-state index in [1.807, 2.05) is 42.5 Å². The molecular weight excluding hydrogens is 560 g/mol. The Labute approximate surface area is 248 Å². The Hall–Kier alpha value is -3.74. The molecule has 4 N–H and O–H groups in total. The van der Waals surface area contributed by atoms with Gasteiger partial charge in [0.25, 0.3) is 0 Å². The molecule has 3 amide bonds. The van der Waals surface area contributed by atoms with Crippen LogP contribution in [0.2, 0.25) is 0 Å². The minimum atomic E-state index is -1.29. The third-order valence-corrected chi connectivity index (χ3v) is 8.04. The molecular formula is C30H38N4O7S. The Morgan fingerprint density at radius 2 is 1.76 bits per heavy atom. The molecule has 1 aliphatic heterocycles. The lowest BCUT2D eigenvalue weighted by Crippen LogP contribution is -2.64. The number of hydrogen-bond acceptors (Lipinski definition) is 8. The lowest BCUT2D eigenvalue weighted by Gasteiger charge is -2.37. The van der Waals surface area contributed by atoms with E-state index in [9.17, 15) is 19.2 Å². The number of nitrogens with two attached hydrogens (primary N) is 1. The van der Waals surface area contributed by atoms with Crippen molar-refractivity contribution in [2.75, 3.05) is 26.9 Å². The predicted molar refractivity (Wildman–Crippen MR) is 160 cm³/mol. The van der Waals surface area contributed by atoms with E-state index in [2.05, 4.69) is 10.6 Å². The fourth-order valence-corrected chi connectivity index (χ4v) is 5.75. The van der Waals surface area contributed by atoms with Crippen molar-refractivity contribution in [1.82, 2.24) is 15.2 Å². The molecule has 2 aromatic carbocycles. The highest BCUT2D eigenvalue weighted by Crippen LogP contribution is 2.27. The van der Waals surface area contributed by atoms with Crippen molar-refractivity contribution in [3.05, 3.63) is 57.7 Å². The quantitative estimate of drug-likeness (QED) is 0.325. The van der Waals surface area contributed by atoms with E-state index >= 15 is 0 Å². The number of fused-ring (bicyclic) bond motifs is 1. The second-order valence-corrected chi connectivity index (χ2v) is 12.3. The van der Waals surface area contributed by atoms with Crippen molar-refractivity contribution in [3.63, 3.8) is 0 Å². The first-order valence-corrected chi connectivity index (χ1v) is 14.6. The van der Waals surface area contributed by atoms with Gasteiger partial charge in [0.1, 0.15) is 17.2 Å². The van der Waals surface area contributed by atoms with Gasteiger partial charge in [0.15, 0.2) is 0 Å². The van der Waals surface area contributed by atoms with Crippen LogP contribution in [0.15, 0.2) is 47.3 Å². The molecule has 0 radical (unpaired) electrons. The topological polar surface area (TPSA) is 151 Å². The van der Waals surface area contributed by atoms with Gasteiger partial charge in [0, 0.05) is 39.6 Å². The Balaban J connectivity index is 1.49. The highest BCUT2D eigenvalue weighted by Gasteiger charge is 2.43. The summed E-state index contributed by atoms with van der Waals surface area (Å²) < 4.78 is 18.6. The van der Waals surface area contributed by atoms with Gasteiger partial charge in [-0.25, -0.2) is 4.79 Å². The standard InChI is InChI=1S/C30H38N4O7S/c1-29(2,3)41-27(37)33-30(11-14-40-15-12-30)26(36)32-22(25(31)35)17-19-5-7-20(8-6-19)21-9-10-24-23(18-21)34(13-16-39-4)28(38)42-24/h5-10,18,22H,11-17H2,1-4H3,(H2,31,35)(H,32,36)(H,33,37)/t22-/m0/s1. The largest absolute Gasteiger partial charge is 0.444 e. The first-order valence-electron chi connectivity index (χ1n) is 13.8. The number of nitrogens with zero attached hydrogens (tertiary/aromatic N) is 1. The van der Waals surface area contributed by atoms with Crippen molar-refractivity contribution in [1.29, 1.82) is 0 Å². The van der Waals surface area contributed by atoms with Gasteiger partial charge in [0.2, 0.25) is 11.8 Å². The smallest absolute Gasteiger partial charge is 0.408 e. The van der Waals surface area contributed by atoms with Crippen LogP contribution in [0.1, 0.15) is 39.2 Å². The molecule has 2 heterocycles. The van der Waals surface area contributed by atoms with Gasteiger partial charge in [-0.05, 0) is 49.6 Å². The summed E-state index contributed by atoms with van der Waals surface area (Å²) in [6, 6.07) is 12.5. The molecule has 42 heavy (non-hydrogen) atoms. The molecule has 0 bridgehead atoms. The maximum atomic E-state index is 13.5. The second kappa shape index (κ2) is 13.1. The van der Waals surface area contributed by atoms with Gasteiger partial charge in [0.05, 0.1) is 23.4 Å². The first kappa shape index (κ1) is 31.2. The number of alkyl carbamates (subject to hydrolysis) is 1. The van der Waals surface area contributed by atoms with E-state index in [4.69, 9.17) is 19.9 Å². The number of rotatable bonds is 10. The van der Waals surface area contributed by atoms with Crippen LogP contribution in [-0.4, -0.2) is 66.6 Å². The molecule has 1 atom stereocenters. The van der Waals surface area contributed by atoms with Gasteiger partial charge >= 0.3 is 11.0 Å². The zero-order valence-corrected chi connectivity index (χ0v) is 25.2. The van der Waals surface area contributed by atoms with Crippen molar-refractivity contribution in [2.24, 2.45) is 5.73 Å². The predicted octanol–water partition coefficient (Wildman–Crippen LogP) is 2.96. The van der Waals surface area contributed by atoms with E-state index in [-0.39, 0.29) is 37.3 Å². The molecule has 0 saturated carbocycles. The van der Waals surface area contributed by atoms with E-state index in [1.54, 1.807) is 32.4 Å².